The van der Waals surface area contributed by atoms with Crippen molar-refractivity contribution < 1.29 is 9.53 Å². The van der Waals surface area contributed by atoms with E-state index in [-0.39, 0.29) is 5.91 Å². The molecule has 0 heterocycles. The van der Waals surface area contributed by atoms with E-state index in [0.717, 1.165) is 18.0 Å². The molecule has 1 aromatic rings. The molecule has 1 fully saturated rings. The number of rotatable bonds is 7. The van der Waals surface area contributed by atoms with Crippen molar-refractivity contribution >= 4 is 11.6 Å². The standard InChI is InChI=1S/C18H28N2O2/c1-3-20(15-10-6-5-7-11-15)14-18(21)19-16-12-8-9-13-17(16)22-4-2/h8-9,12-13,15H,3-7,10-11,14H2,1-2H3,(H,19,21). The third kappa shape index (κ3) is 4.73. The molecule has 1 aromatic carbocycles. The zero-order valence-corrected chi connectivity index (χ0v) is 13.8. The van der Waals surface area contributed by atoms with Crippen LogP contribution in [0.15, 0.2) is 24.3 Å². The zero-order chi connectivity index (χ0) is 15.8. The monoisotopic (exact) mass is 304 g/mol. The van der Waals surface area contributed by atoms with Gasteiger partial charge in [0.05, 0.1) is 18.8 Å². The van der Waals surface area contributed by atoms with E-state index in [1.54, 1.807) is 0 Å². The number of benzene rings is 1. The molecule has 4 nitrogen and oxygen atoms in total. The van der Waals surface area contributed by atoms with E-state index in [4.69, 9.17) is 4.74 Å². The van der Waals surface area contributed by atoms with Crippen LogP contribution in [-0.4, -0.2) is 36.5 Å². The van der Waals surface area contributed by atoms with Crippen LogP contribution < -0.4 is 10.1 Å². The number of para-hydroxylation sites is 2. The van der Waals surface area contributed by atoms with E-state index in [2.05, 4.69) is 17.1 Å². The minimum atomic E-state index is 0.0413. The maximum Gasteiger partial charge on any atom is 0.238 e. The molecule has 122 valence electrons. The van der Waals surface area contributed by atoms with E-state index < -0.39 is 0 Å². The second kappa shape index (κ2) is 8.79. The molecule has 0 radical (unpaired) electrons. The molecule has 1 aliphatic carbocycles. The smallest absolute Gasteiger partial charge is 0.238 e. The molecule has 2 rings (SSSR count). The maximum absolute atomic E-state index is 12.4. The van der Waals surface area contributed by atoms with Crippen LogP contribution in [0.3, 0.4) is 0 Å². The summed E-state index contributed by atoms with van der Waals surface area (Å²) in [6, 6.07) is 8.17. The molecule has 0 saturated heterocycles. The second-order valence-corrected chi connectivity index (χ2v) is 5.83. The van der Waals surface area contributed by atoms with Crippen LogP contribution in [0, 0.1) is 0 Å². The summed E-state index contributed by atoms with van der Waals surface area (Å²) in [6.45, 7) is 6.05. The summed E-state index contributed by atoms with van der Waals surface area (Å²) in [5.74, 6) is 0.777. The molecular formula is C18H28N2O2. The van der Waals surface area contributed by atoms with Gasteiger partial charge in [0.2, 0.25) is 5.91 Å². The fourth-order valence-corrected chi connectivity index (χ4v) is 3.17. The molecule has 1 aliphatic rings. The Kier molecular flexibility index (Phi) is 6.72. The van der Waals surface area contributed by atoms with E-state index in [9.17, 15) is 4.79 Å². The lowest BCUT2D eigenvalue weighted by molar-refractivity contribution is -0.118. The Labute approximate surface area is 133 Å². The summed E-state index contributed by atoms with van der Waals surface area (Å²) in [5, 5.41) is 2.99. The predicted octanol–water partition coefficient (Wildman–Crippen LogP) is 3.68. The van der Waals surface area contributed by atoms with Gasteiger partial charge < -0.3 is 10.1 Å². The quantitative estimate of drug-likeness (QED) is 0.835. The van der Waals surface area contributed by atoms with Gasteiger partial charge in [-0.1, -0.05) is 38.3 Å². The third-order valence-corrected chi connectivity index (χ3v) is 4.30. The molecule has 1 N–H and O–H groups in total. The van der Waals surface area contributed by atoms with Crippen LogP contribution in [-0.2, 0) is 4.79 Å². The fourth-order valence-electron chi connectivity index (χ4n) is 3.17. The van der Waals surface area contributed by atoms with E-state index >= 15 is 0 Å². The number of nitrogens with one attached hydrogen (secondary N) is 1. The molecule has 0 spiro atoms. The van der Waals surface area contributed by atoms with Crippen LogP contribution in [0.2, 0.25) is 0 Å². The Balaban J connectivity index is 1.93. The highest BCUT2D eigenvalue weighted by Gasteiger charge is 2.22. The second-order valence-electron chi connectivity index (χ2n) is 5.83. The Morgan fingerprint density at radius 2 is 1.95 bits per heavy atom. The number of hydrogen-bond donors (Lipinski definition) is 1. The van der Waals surface area contributed by atoms with Gasteiger partial charge in [0.25, 0.3) is 0 Å². The number of carbonyl (C=O) groups is 1. The molecular weight excluding hydrogens is 276 g/mol. The highest BCUT2D eigenvalue weighted by atomic mass is 16.5. The summed E-state index contributed by atoms with van der Waals surface area (Å²) < 4.78 is 5.56. The van der Waals surface area contributed by atoms with E-state index in [1.807, 2.05) is 31.2 Å². The molecule has 0 unspecified atom stereocenters. The van der Waals surface area contributed by atoms with Crippen molar-refractivity contribution in [2.24, 2.45) is 0 Å². The van der Waals surface area contributed by atoms with Crippen molar-refractivity contribution in [2.75, 3.05) is 25.0 Å². The van der Waals surface area contributed by atoms with Gasteiger partial charge in [-0.15, -0.1) is 0 Å². The maximum atomic E-state index is 12.4. The SMILES string of the molecule is CCOc1ccccc1NC(=O)CN(CC)C1CCCCC1. The predicted molar refractivity (Wildman–Crippen MR) is 90.4 cm³/mol. The molecule has 22 heavy (non-hydrogen) atoms. The Bertz CT molecular complexity index is 470. The normalized spacial score (nSPS) is 15.8. The average Bonchev–Trinajstić information content (AvgIpc) is 2.55. The van der Waals surface area contributed by atoms with E-state index in [0.29, 0.717) is 19.2 Å². The Morgan fingerprint density at radius 1 is 1.23 bits per heavy atom. The lowest BCUT2D eigenvalue weighted by Gasteiger charge is -2.33. The number of nitrogens with zero attached hydrogens (tertiary/aromatic N) is 1. The number of anilines is 1. The van der Waals surface area contributed by atoms with Gasteiger partial charge in [-0.05, 0) is 38.4 Å². The summed E-state index contributed by atoms with van der Waals surface area (Å²) in [5.41, 5.74) is 0.758. The molecule has 4 heteroatoms. The van der Waals surface area contributed by atoms with Crippen molar-refractivity contribution in [2.45, 2.75) is 52.0 Å². The molecule has 0 atom stereocenters. The summed E-state index contributed by atoms with van der Waals surface area (Å²) in [4.78, 5) is 14.7. The summed E-state index contributed by atoms with van der Waals surface area (Å²) >= 11 is 0. The Hall–Kier alpha value is -1.55. The molecule has 0 aromatic heterocycles. The zero-order valence-electron chi connectivity index (χ0n) is 13.8. The third-order valence-electron chi connectivity index (χ3n) is 4.30. The minimum Gasteiger partial charge on any atom is -0.492 e. The van der Waals surface area contributed by atoms with Crippen molar-refractivity contribution in [3.05, 3.63) is 24.3 Å². The van der Waals surface area contributed by atoms with Crippen LogP contribution >= 0.6 is 0 Å². The molecule has 1 amide bonds. The van der Waals surface area contributed by atoms with Gasteiger partial charge >= 0.3 is 0 Å². The topological polar surface area (TPSA) is 41.6 Å². The highest BCUT2D eigenvalue weighted by molar-refractivity contribution is 5.93. The fraction of sp³-hybridized carbons (Fsp3) is 0.611. The number of ether oxygens (including phenoxy) is 1. The molecule has 0 aliphatic heterocycles. The van der Waals surface area contributed by atoms with Crippen LogP contribution in [0.4, 0.5) is 5.69 Å². The van der Waals surface area contributed by atoms with E-state index in [1.165, 1.54) is 32.1 Å². The lowest BCUT2D eigenvalue weighted by atomic mass is 9.94. The van der Waals surface area contributed by atoms with Crippen LogP contribution in [0.1, 0.15) is 46.0 Å². The first-order valence-electron chi connectivity index (χ1n) is 8.50. The number of amides is 1. The van der Waals surface area contributed by atoms with Gasteiger partial charge in [-0.3, -0.25) is 9.69 Å². The van der Waals surface area contributed by atoms with Gasteiger partial charge in [-0.2, -0.15) is 0 Å². The van der Waals surface area contributed by atoms with Gasteiger partial charge in [0, 0.05) is 6.04 Å². The summed E-state index contributed by atoms with van der Waals surface area (Å²) in [7, 11) is 0. The van der Waals surface area contributed by atoms with Crippen LogP contribution in [0.5, 0.6) is 5.75 Å². The number of carbonyl (C=O) groups excluding carboxylic acids is 1. The number of hydrogen-bond acceptors (Lipinski definition) is 3. The largest absolute Gasteiger partial charge is 0.492 e. The first-order chi connectivity index (χ1) is 10.7. The van der Waals surface area contributed by atoms with Gasteiger partial charge in [0.1, 0.15) is 5.75 Å². The highest BCUT2D eigenvalue weighted by Crippen LogP contribution is 2.25. The average molecular weight is 304 g/mol. The molecule has 1 saturated carbocycles. The first-order valence-corrected chi connectivity index (χ1v) is 8.50. The van der Waals surface area contributed by atoms with Crippen LogP contribution in [0.25, 0.3) is 0 Å². The van der Waals surface area contributed by atoms with Crippen molar-refractivity contribution in [3.8, 4) is 5.75 Å². The number of likely N-dealkylation sites (N-methyl/N-ethyl adjacent to an activating group) is 1. The molecule has 0 bridgehead atoms. The first kappa shape index (κ1) is 16.8. The Morgan fingerprint density at radius 3 is 2.64 bits per heavy atom. The van der Waals surface area contributed by atoms with Gasteiger partial charge in [-0.25, -0.2) is 0 Å². The van der Waals surface area contributed by atoms with Crippen molar-refractivity contribution in [1.29, 1.82) is 0 Å². The van der Waals surface area contributed by atoms with Gasteiger partial charge in [0.15, 0.2) is 0 Å². The van der Waals surface area contributed by atoms with Crippen molar-refractivity contribution in [3.63, 3.8) is 0 Å². The minimum absolute atomic E-state index is 0.0413. The summed E-state index contributed by atoms with van der Waals surface area (Å²) in [6.07, 6.45) is 6.35. The lowest BCUT2D eigenvalue weighted by Crippen LogP contribution is -2.41. The van der Waals surface area contributed by atoms with Crippen molar-refractivity contribution in [1.82, 2.24) is 4.90 Å².